The van der Waals surface area contributed by atoms with E-state index in [4.69, 9.17) is 0 Å². The molecule has 0 saturated carbocycles. The Kier molecular flexibility index (Phi) is 6.06. The van der Waals surface area contributed by atoms with Gasteiger partial charge in [-0.2, -0.15) is 26.3 Å². The van der Waals surface area contributed by atoms with Crippen molar-refractivity contribution in [3.05, 3.63) is 95.6 Å². The first-order chi connectivity index (χ1) is 16.3. The maximum Gasteiger partial charge on any atom is 0.418 e. The summed E-state index contributed by atoms with van der Waals surface area (Å²) in [5, 5.41) is 20.1. The molecule has 2 N–H and O–H groups in total. The number of fused-ring (bicyclic) bond motifs is 1. The van der Waals surface area contributed by atoms with Gasteiger partial charge in [0, 0.05) is 0 Å². The van der Waals surface area contributed by atoms with Crippen molar-refractivity contribution < 1.29 is 41.4 Å². The molecule has 1 atom stereocenters. The summed E-state index contributed by atoms with van der Waals surface area (Å²) in [7, 11) is 0. The van der Waals surface area contributed by atoms with E-state index in [0.29, 0.717) is 33.0 Å². The van der Waals surface area contributed by atoms with Crippen LogP contribution in [0.4, 0.5) is 26.3 Å². The van der Waals surface area contributed by atoms with Crippen LogP contribution in [-0.4, -0.2) is 22.4 Å². The highest BCUT2D eigenvalue weighted by molar-refractivity contribution is 6.04. The minimum absolute atomic E-state index is 0.0727. The van der Waals surface area contributed by atoms with Crippen molar-refractivity contribution in [3.8, 4) is 22.3 Å². The Morgan fingerprint density at radius 3 is 1.83 bits per heavy atom. The SMILES string of the molecule is O=C(O)c1cc(-c2ccc([C@@H](O)C(F)(F)F)cc2)c2ccc(-c3ccc(C(F)(F)F)cc3)cc2c1. The Balaban J connectivity index is 1.80. The fourth-order valence-electron chi connectivity index (χ4n) is 3.80. The fourth-order valence-corrected chi connectivity index (χ4v) is 3.80. The number of alkyl halides is 6. The Bertz CT molecular complexity index is 1390. The molecule has 0 heterocycles. The first-order valence-electron chi connectivity index (χ1n) is 10.2. The predicted molar refractivity (Wildman–Crippen MR) is 118 cm³/mol. The molecule has 180 valence electrons. The third-order valence-corrected chi connectivity index (χ3v) is 5.59. The van der Waals surface area contributed by atoms with Crippen molar-refractivity contribution in [2.75, 3.05) is 0 Å². The molecule has 0 bridgehead atoms. The average molecular weight is 490 g/mol. The van der Waals surface area contributed by atoms with Gasteiger partial charge in [0.05, 0.1) is 11.1 Å². The van der Waals surface area contributed by atoms with Crippen molar-refractivity contribution in [3.63, 3.8) is 0 Å². The van der Waals surface area contributed by atoms with Gasteiger partial charge in [-0.25, -0.2) is 4.79 Å². The van der Waals surface area contributed by atoms with Crippen LogP contribution in [0.2, 0.25) is 0 Å². The topological polar surface area (TPSA) is 57.5 Å². The predicted octanol–water partition coefficient (Wildman–Crippen LogP) is 7.49. The van der Waals surface area contributed by atoms with E-state index < -0.39 is 30.0 Å². The van der Waals surface area contributed by atoms with E-state index in [1.807, 2.05) is 0 Å². The first kappa shape index (κ1) is 24.3. The molecule has 4 aromatic carbocycles. The molecule has 0 amide bonds. The normalized spacial score (nSPS) is 13.1. The van der Waals surface area contributed by atoms with Gasteiger partial charge in [-0.15, -0.1) is 0 Å². The van der Waals surface area contributed by atoms with Crippen molar-refractivity contribution in [2.45, 2.75) is 18.5 Å². The third kappa shape index (κ3) is 5.00. The summed E-state index contributed by atoms with van der Waals surface area (Å²) in [4.78, 5) is 11.7. The van der Waals surface area contributed by atoms with Crippen molar-refractivity contribution >= 4 is 16.7 Å². The van der Waals surface area contributed by atoms with Gasteiger partial charge in [-0.3, -0.25) is 0 Å². The Labute approximate surface area is 194 Å². The molecule has 3 nitrogen and oxygen atoms in total. The number of aliphatic hydroxyl groups is 1. The van der Waals surface area contributed by atoms with Gasteiger partial charge in [0.25, 0.3) is 0 Å². The maximum absolute atomic E-state index is 12.9. The maximum atomic E-state index is 12.9. The average Bonchev–Trinajstić information content (AvgIpc) is 2.81. The first-order valence-corrected chi connectivity index (χ1v) is 10.2. The highest BCUT2D eigenvalue weighted by atomic mass is 19.4. The molecular weight excluding hydrogens is 474 g/mol. The van der Waals surface area contributed by atoms with Gasteiger partial charge in [0.2, 0.25) is 0 Å². The lowest BCUT2D eigenvalue weighted by molar-refractivity contribution is -0.206. The van der Waals surface area contributed by atoms with Crippen LogP contribution in [0.5, 0.6) is 0 Å². The van der Waals surface area contributed by atoms with Crippen LogP contribution < -0.4 is 0 Å². The lowest BCUT2D eigenvalue weighted by Gasteiger charge is -2.16. The molecular formula is C26H16F6O3. The lowest BCUT2D eigenvalue weighted by Crippen LogP contribution is -2.19. The number of carboxylic acids is 1. The molecule has 0 unspecified atom stereocenters. The molecule has 0 aromatic heterocycles. The lowest BCUT2D eigenvalue weighted by atomic mass is 9.92. The molecule has 0 spiro atoms. The molecule has 0 saturated heterocycles. The van der Waals surface area contributed by atoms with E-state index in [-0.39, 0.29) is 11.1 Å². The number of hydrogen-bond donors (Lipinski definition) is 2. The number of benzene rings is 4. The van der Waals surface area contributed by atoms with Gasteiger partial charge < -0.3 is 10.2 Å². The van der Waals surface area contributed by atoms with Crippen LogP contribution in [-0.2, 0) is 6.18 Å². The molecule has 0 radical (unpaired) electrons. The molecule has 4 rings (SSSR count). The van der Waals surface area contributed by atoms with E-state index in [0.717, 1.165) is 24.3 Å². The summed E-state index contributed by atoms with van der Waals surface area (Å²) < 4.78 is 77.0. The summed E-state index contributed by atoms with van der Waals surface area (Å²) >= 11 is 0. The van der Waals surface area contributed by atoms with Crippen LogP contribution in [0.15, 0.2) is 78.9 Å². The third-order valence-electron chi connectivity index (χ3n) is 5.59. The molecule has 0 aliphatic carbocycles. The van der Waals surface area contributed by atoms with Crippen molar-refractivity contribution in [2.24, 2.45) is 0 Å². The van der Waals surface area contributed by atoms with Crippen LogP contribution in [0.3, 0.4) is 0 Å². The summed E-state index contributed by atoms with van der Waals surface area (Å²) in [6.45, 7) is 0. The number of rotatable bonds is 4. The standard InChI is InChI=1S/C26H16F6O3/c27-25(28,29)20-8-5-14(6-9-20)17-7-10-21-18(11-17)12-19(24(34)35)13-22(21)15-1-3-16(4-2-15)23(33)26(30,31)32/h1-13,23,33H,(H,34,35)/t23-/m1/s1. The van der Waals surface area contributed by atoms with Crippen LogP contribution in [0.25, 0.3) is 33.0 Å². The largest absolute Gasteiger partial charge is 0.478 e. The number of hydrogen-bond acceptors (Lipinski definition) is 2. The number of carbonyl (C=O) groups is 1. The van der Waals surface area contributed by atoms with E-state index in [2.05, 4.69) is 0 Å². The second kappa shape index (κ2) is 8.74. The molecule has 4 aromatic rings. The van der Waals surface area contributed by atoms with Gasteiger partial charge in [-0.1, -0.05) is 48.5 Å². The second-order valence-corrected chi connectivity index (χ2v) is 7.91. The highest BCUT2D eigenvalue weighted by Gasteiger charge is 2.39. The molecule has 0 fully saturated rings. The van der Waals surface area contributed by atoms with E-state index in [1.165, 1.54) is 36.4 Å². The second-order valence-electron chi connectivity index (χ2n) is 7.91. The summed E-state index contributed by atoms with van der Waals surface area (Å²) in [6, 6.07) is 17.2. The molecule has 9 heteroatoms. The number of halogens is 6. The van der Waals surface area contributed by atoms with E-state index >= 15 is 0 Å². The zero-order valence-electron chi connectivity index (χ0n) is 17.7. The fraction of sp³-hybridized carbons (Fsp3) is 0.115. The smallest absolute Gasteiger partial charge is 0.418 e. The van der Waals surface area contributed by atoms with Gasteiger partial charge in [0.1, 0.15) is 0 Å². The van der Waals surface area contributed by atoms with E-state index in [9.17, 15) is 41.4 Å². The van der Waals surface area contributed by atoms with Crippen LogP contribution in [0.1, 0.15) is 27.6 Å². The minimum atomic E-state index is -4.83. The van der Waals surface area contributed by atoms with E-state index in [1.54, 1.807) is 18.2 Å². The van der Waals surface area contributed by atoms with Gasteiger partial charge in [-0.05, 0) is 68.9 Å². The quantitative estimate of drug-likeness (QED) is 0.292. The Hall–Kier alpha value is -3.85. The summed E-state index contributed by atoms with van der Waals surface area (Å²) in [5.41, 5.74) is 0.694. The van der Waals surface area contributed by atoms with Gasteiger partial charge in [0.15, 0.2) is 6.10 Å². The molecule has 0 aliphatic heterocycles. The minimum Gasteiger partial charge on any atom is -0.478 e. The zero-order valence-corrected chi connectivity index (χ0v) is 17.7. The van der Waals surface area contributed by atoms with Crippen molar-refractivity contribution in [1.82, 2.24) is 0 Å². The summed E-state index contributed by atoms with van der Waals surface area (Å²) in [5.74, 6) is -1.22. The van der Waals surface area contributed by atoms with Crippen molar-refractivity contribution in [1.29, 1.82) is 0 Å². The monoisotopic (exact) mass is 490 g/mol. The Morgan fingerprint density at radius 1 is 0.714 bits per heavy atom. The van der Waals surface area contributed by atoms with Gasteiger partial charge >= 0.3 is 18.3 Å². The highest BCUT2D eigenvalue weighted by Crippen LogP contribution is 2.37. The summed E-state index contributed by atoms with van der Waals surface area (Å²) in [6.07, 6.45) is -11.9. The number of aromatic carboxylic acids is 1. The molecule has 35 heavy (non-hydrogen) atoms. The number of carboxylic acid groups (broad SMARTS) is 1. The number of aliphatic hydroxyl groups excluding tert-OH is 1. The van der Waals surface area contributed by atoms with Crippen LogP contribution >= 0.6 is 0 Å². The Morgan fingerprint density at radius 2 is 1.29 bits per heavy atom. The molecule has 0 aliphatic rings. The zero-order chi connectivity index (χ0) is 25.5. The van der Waals surface area contributed by atoms with Crippen LogP contribution in [0, 0.1) is 0 Å².